The first-order valence-corrected chi connectivity index (χ1v) is 8.99. The molecule has 1 fully saturated rings. The van der Waals surface area contributed by atoms with Gasteiger partial charge in [0.05, 0.1) is 0 Å². The molecule has 0 unspecified atom stereocenters. The van der Waals surface area contributed by atoms with Crippen LogP contribution >= 0.6 is 0 Å². The number of carbonyl (C=O) groups is 2. The van der Waals surface area contributed by atoms with E-state index in [1.54, 1.807) is 4.90 Å². The molecule has 2 N–H and O–H groups in total. The van der Waals surface area contributed by atoms with E-state index in [9.17, 15) is 9.59 Å². The number of carbonyl (C=O) groups excluding carboxylic acids is 2. The third kappa shape index (κ3) is 7.31. The predicted octanol–water partition coefficient (Wildman–Crippen LogP) is 2.51. The van der Waals surface area contributed by atoms with Crippen LogP contribution in [0.5, 0.6) is 0 Å². The Morgan fingerprint density at radius 3 is 2.62 bits per heavy atom. The average Bonchev–Trinajstić information content (AvgIpc) is 3.05. The number of alkyl carbamates (subject to hydrolysis) is 1. The molecule has 1 saturated heterocycles. The molecule has 0 aliphatic carbocycles. The summed E-state index contributed by atoms with van der Waals surface area (Å²) in [5.74, 6) is 0. The summed E-state index contributed by atoms with van der Waals surface area (Å²) >= 11 is 0. The molecule has 1 aliphatic heterocycles. The zero-order valence-electron chi connectivity index (χ0n) is 15.8. The van der Waals surface area contributed by atoms with Crippen molar-refractivity contribution in [2.24, 2.45) is 0 Å². The van der Waals surface area contributed by atoms with Gasteiger partial charge in [0.15, 0.2) is 0 Å². The Kier molecular flexibility index (Phi) is 7.26. The van der Waals surface area contributed by atoms with Gasteiger partial charge in [-0.1, -0.05) is 30.3 Å². The number of benzene rings is 1. The summed E-state index contributed by atoms with van der Waals surface area (Å²) in [6.45, 7) is 8.22. The monoisotopic (exact) mass is 363 g/mol. The SMILES string of the molecule is CC(C)(C)OC(=O)N1CC[C@@H](NCCNC(=O)OCc2ccccc2)C1. The van der Waals surface area contributed by atoms with E-state index < -0.39 is 11.7 Å². The minimum absolute atomic E-state index is 0.213. The lowest BCUT2D eigenvalue weighted by Crippen LogP contribution is -2.40. The number of nitrogens with zero attached hydrogens (tertiary/aromatic N) is 1. The normalized spacial score (nSPS) is 17.0. The second kappa shape index (κ2) is 9.43. The first-order valence-electron chi connectivity index (χ1n) is 8.99. The van der Waals surface area contributed by atoms with Gasteiger partial charge in [0.25, 0.3) is 0 Å². The fourth-order valence-corrected chi connectivity index (χ4v) is 2.63. The highest BCUT2D eigenvalue weighted by Crippen LogP contribution is 2.15. The van der Waals surface area contributed by atoms with Crippen LogP contribution in [0.3, 0.4) is 0 Å². The highest BCUT2D eigenvalue weighted by molar-refractivity contribution is 5.68. The number of hydrogen-bond acceptors (Lipinski definition) is 5. The molecule has 7 nitrogen and oxygen atoms in total. The van der Waals surface area contributed by atoms with Gasteiger partial charge < -0.3 is 25.0 Å². The van der Waals surface area contributed by atoms with Gasteiger partial charge in [0.1, 0.15) is 12.2 Å². The van der Waals surface area contributed by atoms with Gasteiger partial charge >= 0.3 is 12.2 Å². The molecule has 26 heavy (non-hydrogen) atoms. The minimum Gasteiger partial charge on any atom is -0.445 e. The van der Waals surface area contributed by atoms with Crippen LogP contribution in [0.1, 0.15) is 32.8 Å². The average molecular weight is 363 g/mol. The van der Waals surface area contributed by atoms with Gasteiger partial charge in [-0.25, -0.2) is 9.59 Å². The van der Waals surface area contributed by atoms with Crippen molar-refractivity contribution in [3.8, 4) is 0 Å². The van der Waals surface area contributed by atoms with Gasteiger partial charge in [-0.2, -0.15) is 0 Å². The van der Waals surface area contributed by atoms with Crippen molar-refractivity contribution >= 4 is 12.2 Å². The largest absolute Gasteiger partial charge is 0.445 e. The number of hydrogen-bond donors (Lipinski definition) is 2. The van der Waals surface area contributed by atoms with E-state index in [4.69, 9.17) is 9.47 Å². The molecule has 2 amide bonds. The lowest BCUT2D eigenvalue weighted by atomic mass is 10.2. The first-order chi connectivity index (χ1) is 12.3. The van der Waals surface area contributed by atoms with Gasteiger partial charge in [0, 0.05) is 32.2 Å². The van der Waals surface area contributed by atoms with E-state index >= 15 is 0 Å². The Morgan fingerprint density at radius 2 is 1.92 bits per heavy atom. The van der Waals surface area contributed by atoms with Gasteiger partial charge in [-0.15, -0.1) is 0 Å². The van der Waals surface area contributed by atoms with Crippen molar-refractivity contribution < 1.29 is 19.1 Å². The minimum atomic E-state index is -0.480. The van der Waals surface area contributed by atoms with Crippen molar-refractivity contribution in [2.75, 3.05) is 26.2 Å². The number of ether oxygens (including phenoxy) is 2. The Hall–Kier alpha value is -2.28. The summed E-state index contributed by atoms with van der Waals surface area (Å²) in [4.78, 5) is 25.4. The highest BCUT2D eigenvalue weighted by atomic mass is 16.6. The first kappa shape index (κ1) is 20.0. The zero-order chi connectivity index (χ0) is 19.0. The molecule has 0 aromatic heterocycles. The van der Waals surface area contributed by atoms with Crippen LogP contribution in [0.15, 0.2) is 30.3 Å². The second-order valence-electron chi connectivity index (χ2n) is 7.35. The molecule has 0 saturated carbocycles. The van der Waals surface area contributed by atoms with E-state index in [2.05, 4.69) is 10.6 Å². The van der Waals surface area contributed by atoms with Crippen LogP contribution in [-0.2, 0) is 16.1 Å². The molecular weight excluding hydrogens is 334 g/mol. The number of amides is 2. The van der Waals surface area contributed by atoms with Crippen molar-refractivity contribution in [1.29, 1.82) is 0 Å². The molecule has 1 aliphatic rings. The molecule has 1 aromatic carbocycles. The van der Waals surface area contributed by atoms with Crippen molar-refractivity contribution in [2.45, 2.75) is 45.4 Å². The zero-order valence-corrected chi connectivity index (χ0v) is 15.8. The molecule has 1 heterocycles. The Balaban J connectivity index is 1.56. The van der Waals surface area contributed by atoms with Crippen LogP contribution in [0.2, 0.25) is 0 Å². The second-order valence-corrected chi connectivity index (χ2v) is 7.35. The maximum absolute atomic E-state index is 12.0. The maximum Gasteiger partial charge on any atom is 0.410 e. The summed E-state index contributed by atoms with van der Waals surface area (Å²) in [6.07, 6.45) is 0.166. The Labute approximate surface area is 155 Å². The molecule has 1 aromatic rings. The van der Waals surface area contributed by atoms with Crippen LogP contribution in [0.25, 0.3) is 0 Å². The lowest BCUT2D eigenvalue weighted by molar-refractivity contribution is 0.0291. The molecule has 0 spiro atoms. The third-order valence-corrected chi connectivity index (χ3v) is 3.88. The van der Waals surface area contributed by atoms with E-state index in [1.165, 1.54) is 0 Å². The van der Waals surface area contributed by atoms with Crippen LogP contribution in [0.4, 0.5) is 9.59 Å². The van der Waals surface area contributed by atoms with Crippen LogP contribution in [-0.4, -0.2) is 54.9 Å². The van der Waals surface area contributed by atoms with Crippen molar-refractivity contribution in [1.82, 2.24) is 15.5 Å². The summed E-state index contributed by atoms with van der Waals surface area (Å²) in [7, 11) is 0. The van der Waals surface area contributed by atoms with E-state index in [0.717, 1.165) is 12.0 Å². The van der Waals surface area contributed by atoms with Crippen molar-refractivity contribution in [3.63, 3.8) is 0 Å². The quantitative estimate of drug-likeness (QED) is 0.759. The van der Waals surface area contributed by atoms with E-state index in [0.29, 0.717) is 26.2 Å². The summed E-state index contributed by atoms with van der Waals surface area (Å²) in [5, 5.41) is 6.05. The molecule has 0 radical (unpaired) electrons. The van der Waals surface area contributed by atoms with Gasteiger partial charge in [-0.3, -0.25) is 0 Å². The molecule has 0 bridgehead atoms. The Bertz CT molecular complexity index is 586. The molecule has 7 heteroatoms. The van der Waals surface area contributed by atoms with Gasteiger partial charge in [0.2, 0.25) is 0 Å². The van der Waals surface area contributed by atoms with Crippen LogP contribution in [0, 0.1) is 0 Å². The fraction of sp³-hybridized carbons (Fsp3) is 0.579. The number of likely N-dealkylation sites (tertiary alicyclic amines) is 1. The summed E-state index contributed by atoms with van der Waals surface area (Å²) in [6, 6.07) is 9.76. The number of nitrogens with one attached hydrogen (secondary N) is 2. The topological polar surface area (TPSA) is 79.9 Å². The predicted molar refractivity (Wildman–Crippen MR) is 98.8 cm³/mol. The maximum atomic E-state index is 12.0. The third-order valence-electron chi connectivity index (χ3n) is 3.88. The smallest absolute Gasteiger partial charge is 0.410 e. The standard InChI is InChI=1S/C19H29N3O4/c1-19(2,3)26-18(24)22-12-9-16(13-22)20-10-11-21-17(23)25-14-15-7-5-4-6-8-15/h4-8,16,20H,9-14H2,1-3H3,(H,21,23)/t16-/m1/s1. The molecule has 144 valence electrons. The van der Waals surface area contributed by atoms with Crippen LogP contribution < -0.4 is 10.6 Å². The lowest BCUT2D eigenvalue weighted by Gasteiger charge is -2.24. The van der Waals surface area contributed by atoms with Crippen molar-refractivity contribution in [3.05, 3.63) is 35.9 Å². The fourth-order valence-electron chi connectivity index (χ4n) is 2.63. The van der Waals surface area contributed by atoms with E-state index in [-0.39, 0.29) is 18.7 Å². The van der Waals surface area contributed by atoms with Gasteiger partial charge in [-0.05, 0) is 32.8 Å². The summed E-state index contributed by atoms with van der Waals surface area (Å²) < 4.78 is 10.5. The Morgan fingerprint density at radius 1 is 1.19 bits per heavy atom. The molecule has 2 rings (SSSR count). The molecule has 1 atom stereocenters. The highest BCUT2D eigenvalue weighted by Gasteiger charge is 2.29. The summed E-state index contributed by atoms with van der Waals surface area (Å²) in [5.41, 5.74) is 0.473. The van der Waals surface area contributed by atoms with E-state index in [1.807, 2.05) is 51.1 Å². The number of rotatable bonds is 6. The molecular formula is C19H29N3O4.